The van der Waals surface area contributed by atoms with Gasteiger partial charge in [-0.25, -0.2) is 4.79 Å². The Bertz CT molecular complexity index is 877. The maximum atomic E-state index is 13.2. The van der Waals surface area contributed by atoms with E-state index in [0.717, 1.165) is 5.56 Å². The first-order valence-electron chi connectivity index (χ1n) is 10.8. The van der Waals surface area contributed by atoms with Gasteiger partial charge in [-0.15, -0.1) is 0 Å². The second kappa shape index (κ2) is 12.0. The van der Waals surface area contributed by atoms with E-state index in [-0.39, 0.29) is 12.8 Å². The smallest absolute Gasteiger partial charge is 0.326 e. The van der Waals surface area contributed by atoms with Crippen molar-refractivity contribution in [3.8, 4) is 0 Å². The van der Waals surface area contributed by atoms with Crippen molar-refractivity contribution in [1.82, 2.24) is 15.5 Å². The van der Waals surface area contributed by atoms with Crippen LogP contribution in [0.3, 0.4) is 0 Å². The van der Waals surface area contributed by atoms with Gasteiger partial charge in [0, 0.05) is 6.54 Å². The molecule has 1 saturated heterocycles. The first kappa shape index (κ1) is 25.8. The lowest BCUT2D eigenvalue weighted by Crippen LogP contribution is -2.56. The Hall–Kier alpha value is -3.47. The van der Waals surface area contributed by atoms with E-state index in [1.54, 1.807) is 0 Å². The molecule has 0 aromatic heterocycles. The number of hydrogen-bond donors (Lipinski definition) is 5. The number of benzene rings is 1. The number of nitrogens with one attached hydrogen (secondary N) is 2. The maximum absolute atomic E-state index is 13.2. The van der Waals surface area contributed by atoms with Crippen LogP contribution in [0.4, 0.5) is 0 Å². The van der Waals surface area contributed by atoms with Crippen LogP contribution in [0.1, 0.15) is 38.2 Å². The number of carboxylic acid groups (broad SMARTS) is 1. The molecule has 0 bridgehead atoms. The number of aryl methyl sites for hydroxylation is 1. The van der Waals surface area contributed by atoms with Crippen molar-refractivity contribution in [2.45, 2.75) is 63.2 Å². The molecule has 180 valence electrons. The van der Waals surface area contributed by atoms with Gasteiger partial charge >= 0.3 is 5.97 Å². The first-order chi connectivity index (χ1) is 15.6. The minimum absolute atomic E-state index is 0.249. The third-order valence-corrected chi connectivity index (χ3v) is 5.51. The fourth-order valence-corrected chi connectivity index (χ4v) is 3.69. The van der Waals surface area contributed by atoms with Gasteiger partial charge < -0.3 is 32.1 Å². The summed E-state index contributed by atoms with van der Waals surface area (Å²) in [7, 11) is 0. The highest BCUT2D eigenvalue weighted by Gasteiger charge is 2.38. The van der Waals surface area contributed by atoms with Crippen LogP contribution in [0.2, 0.25) is 0 Å². The van der Waals surface area contributed by atoms with Crippen LogP contribution in [-0.4, -0.2) is 70.3 Å². The van der Waals surface area contributed by atoms with Crippen molar-refractivity contribution in [1.29, 1.82) is 0 Å². The zero-order valence-corrected chi connectivity index (χ0v) is 18.5. The number of amides is 4. The summed E-state index contributed by atoms with van der Waals surface area (Å²) in [4.78, 5) is 61.8. The van der Waals surface area contributed by atoms with E-state index < -0.39 is 53.8 Å². The van der Waals surface area contributed by atoms with Crippen molar-refractivity contribution in [3.05, 3.63) is 35.9 Å². The number of aliphatic carboxylic acids is 1. The lowest BCUT2D eigenvalue weighted by molar-refractivity contribution is -0.149. The number of carbonyl (C=O) groups is 5. The summed E-state index contributed by atoms with van der Waals surface area (Å²) in [5.74, 6) is -3.67. The van der Waals surface area contributed by atoms with Gasteiger partial charge in [-0.3, -0.25) is 19.2 Å². The average molecular weight is 462 g/mol. The molecule has 7 N–H and O–H groups in total. The minimum atomic E-state index is -1.20. The van der Waals surface area contributed by atoms with Crippen molar-refractivity contribution in [3.63, 3.8) is 0 Å². The van der Waals surface area contributed by atoms with Gasteiger partial charge in [0.15, 0.2) is 0 Å². The largest absolute Gasteiger partial charge is 0.480 e. The number of hydrogen-bond acceptors (Lipinski definition) is 6. The van der Waals surface area contributed by atoms with Gasteiger partial charge in [0.1, 0.15) is 18.1 Å². The Labute approximate surface area is 191 Å². The molecule has 4 amide bonds. The third-order valence-electron chi connectivity index (χ3n) is 5.51. The zero-order chi connectivity index (χ0) is 24.5. The number of nitrogens with two attached hydrogens (primary N) is 2. The van der Waals surface area contributed by atoms with Gasteiger partial charge in [0.25, 0.3) is 0 Å². The molecule has 1 heterocycles. The maximum Gasteiger partial charge on any atom is 0.326 e. The molecule has 0 radical (unpaired) electrons. The van der Waals surface area contributed by atoms with E-state index in [0.29, 0.717) is 25.8 Å². The molecule has 11 nitrogen and oxygen atoms in total. The molecule has 0 saturated carbocycles. The Morgan fingerprint density at radius 1 is 1.12 bits per heavy atom. The molecule has 0 aliphatic carbocycles. The van der Waals surface area contributed by atoms with Crippen LogP contribution in [0.15, 0.2) is 30.3 Å². The van der Waals surface area contributed by atoms with Crippen LogP contribution in [0.25, 0.3) is 0 Å². The van der Waals surface area contributed by atoms with Gasteiger partial charge in [0.05, 0.1) is 12.5 Å². The Morgan fingerprint density at radius 2 is 1.79 bits per heavy atom. The van der Waals surface area contributed by atoms with Crippen LogP contribution in [0.5, 0.6) is 0 Å². The number of nitrogens with zero attached hydrogens (tertiary/aromatic N) is 1. The number of carboxylic acids is 1. The van der Waals surface area contributed by atoms with Gasteiger partial charge in [-0.1, -0.05) is 30.3 Å². The highest BCUT2D eigenvalue weighted by Crippen LogP contribution is 2.20. The first-order valence-corrected chi connectivity index (χ1v) is 10.8. The Kier molecular flexibility index (Phi) is 9.34. The van der Waals surface area contributed by atoms with Crippen molar-refractivity contribution in [2.75, 3.05) is 6.54 Å². The minimum Gasteiger partial charge on any atom is -0.480 e. The van der Waals surface area contributed by atoms with Crippen molar-refractivity contribution >= 4 is 29.6 Å². The topological polar surface area (TPSA) is 185 Å². The fourth-order valence-electron chi connectivity index (χ4n) is 3.69. The molecular weight excluding hydrogens is 430 g/mol. The number of primary amides is 1. The van der Waals surface area contributed by atoms with Crippen LogP contribution in [0, 0.1) is 0 Å². The van der Waals surface area contributed by atoms with Crippen LogP contribution in [-0.2, 0) is 30.4 Å². The Morgan fingerprint density at radius 3 is 2.39 bits per heavy atom. The molecule has 1 aromatic rings. The lowest BCUT2D eigenvalue weighted by Gasteiger charge is -2.28. The summed E-state index contributed by atoms with van der Waals surface area (Å²) in [5.41, 5.74) is 11.6. The molecule has 1 aliphatic heterocycles. The Balaban J connectivity index is 2.09. The quantitative estimate of drug-likeness (QED) is 0.276. The molecule has 1 aromatic carbocycles. The SMILES string of the molecule is C[C@H](NC(=O)[C@@H](N)CC(N)=O)C(=O)N[C@@H](CCc1ccccc1)C(=O)N1CCC[C@@H]1C(=O)O. The molecule has 1 aliphatic rings. The molecule has 1 fully saturated rings. The normalized spacial score (nSPS) is 18.1. The monoisotopic (exact) mass is 461 g/mol. The predicted molar refractivity (Wildman–Crippen MR) is 118 cm³/mol. The predicted octanol–water partition coefficient (Wildman–Crippen LogP) is -1.11. The van der Waals surface area contributed by atoms with E-state index in [1.165, 1.54) is 11.8 Å². The summed E-state index contributed by atoms with van der Waals surface area (Å²) in [6.07, 6.45) is 1.27. The van der Waals surface area contributed by atoms with E-state index in [1.807, 2.05) is 30.3 Å². The highest BCUT2D eigenvalue weighted by molar-refractivity contribution is 5.95. The number of carbonyl (C=O) groups excluding carboxylic acids is 4. The summed E-state index contributed by atoms with van der Waals surface area (Å²) in [6, 6.07) is 5.21. The molecule has 4 atom stereocenters. The van der Waals surface area contributed by atoms with E-state index in [4.69, 9.17) is 11.5 Å². The molecular formula is C22H31N5O6. The number of likely N-dealkylation sites (tertiary alicyclic amines) is 1. The molecule has 2 rings (SSSR count). The summed E-state index contributed by atoms with van der Waals surface area (Å²) in [5, 5.41) is 14.5. The van der Waals surface area contributed by atoms with E-state index in [9.17, 15) is 29.1 Å². The summed E-state index contributed by atoms with van der Waals surface area (Å²) in [6.45, 7) is 1.71. The van der Waals surface area contributed by atoms with Gasteiger partial charge in [-0.2, -0.15) is 0 Å². The van der Waals surface area contributed by atoms with Crippen LogP contribution < -0.4 is 22.1 Å². The van der Waals surface area contributed by atoms with Crippen LogP contribution >= 0.6 is 0 Å². The molecule has 0 unspecified atom stereocenters. The van der Waals surface area contributed by atoms with Crippen molar-refractivity contribution in [2.24, 2.45) is 11.5 Å². The highest BCUT2D eigenvalue weighted by atomic mass is 16.4. The van der Waals surface area contributed by atoms with Crippen molar-refractivity contribution < 1.29 is 29.1 Å². The third kappa shape index (κ3) is 7.56. The fraction of sp³-hybridized carbons (Fsp3) is 0.500. The lowest BCUT2D eigenvalue weighted by atomic mass is 10.0. The zero-order valence-electron chi connectivity index (χ0n) is 18.5. The average Bonchev–Trinajstić information content (AvgIpc) is 3.26. The van der Waals surface area contributed by atoms with Gasteiger partial charge in [0.2, 0.25) is 23.6 Å². The molecule has 11 heteroatoms. The number of rotatable bonds is 11. The molecule has 33 heavy (non-hydrogen) atoms. The second-order valence-electron chi connectivity index (χ2n) is 8.12. The van der Waals surface area contributed by atoms with Gasteiger partial charge in [-0.05, 0) is 38.2 Å². The standard InChI is InChI=1S/C22H31N5O6/c1-13(25-20(30)15(23)12-18(24)28)19(29)26-16(10-9-14-6-3-2-4-7-14)21(31)27-11-5-8-17(27)22(32)33/h2-4,6-7,13,15-17H,5,8-12,23H2,1H3,(H2,24,28)(H,25,30)(H,26,29)(H,32,33)/t13-,15-,16-,17+/m0/s1. The second-order valence-corrected chi connectivity index (χ2v) is 8.12. The van der Waals surface area contributed by atoms with E-state index in [2.05, 4.69) is 10.6 Å². The molecule has 0 spiro atoms. The summed E-state index contributed by atoms with van der Waals surface area (Å²) < 4.78 is 0. The van der Waals surface area contributed by atoms with E-state index >= 15 is 0 Å². The summed E-state index contributed by atoms with van der Waals surface area (Å²) >= 11 is 0.